The molecule has 0 fully saturated rings. The molecule has 3 heterocycles. The molecule has 2 aliphatic rings. The van der Waals surface area contributed by atoms with Crippen LogP contribution in [0.15, 0.2) is 54.7 Å². The average molecular weight is 376 g/mol. The molecule has 1 aromatic heterocycles. The summed E-state index contributed by atoms with van der Waals surface area (Å²) in [6.45, 7) is 0.167. The second-order valence-electron chi connectivity index (χ2n) is 6.54. The van der Waals surface area contributed by atoms with Crippen LogP contribution in [0, 0.1) is 0 Å². The monoisotopic (exact) mass is 376 g/mol. The number of fused-ring (bicyclic) bond motifs is 2. The Bertz CT molecular complexity index is 1080. The van der Waals surface area contributed by atoms with Gasteiger partial charge in [0.05, 0.1) is 12.6 Å². The van der Waals surface area contributed by atoms with Crippen LogP contribution in [0.4, 0.5) is 11.5 Å². The van der Waals surface area contributed by atoms with Gasteiger partial charge < -0.3 is 20.1 Å². The Morgan fingerprint density at radius 2 is 2.00 bits per heavy atom. The second-order valence-corrected chi connectivity index (χ2v) is 6.54. The molecule has 1 unspecified atom stereocenters. The van der Waals surface area contributed by atoms with E-state index in [-0.39, 0.29) is 25.0 Å². The van der Waals surface area contributed by atoms with Crippen LogP contribution < -0.4 is 20.1 Å². The van der Waals surface area contributed by atoms with Crippen molar-refractivity contribution in [1.82, 2.24) is 9.78 Å². The molecule has 0 saturated carbocycles. The highest BCUT2D eigenvalue weighted by Gasteiger charge is 2.35. The molecule has 2 N–H and O–H groups in total. The summed E-state index contributed by atoms with van der Waals surface area (Å²) in [7, 11) is 0. The third-order valence-corrected chi connectivity index (χ3v) is 4.75. The molecule has 2 aliphatic heterocycles. The largest absolute Gasteiger partial charge is 0.454 e. The van der Waals surface area contributed by atoms with E-state index in [0.29, 0.717) is 23.0 Å². The van der Waals surface area contributed by atoms with Crippen LogP contribution in [-0.2, 0) is 9.59 Å². The normalized spacial score (nSPS) is 16.6. The zero-order chi connectivity index (χ0) is 19.1. The Kier molecular flexibility index (Phi) is 3.75. The SMILES string of the molecule is O=C(CC1C(=O)Nc2c(-c3ccccc3)cnn21)Nc1ccc2c(c1)OCO2. The van der Waals surface area contributed by atoms with Gasteiger partial charge in [-0.3, -0.25) is 9.59 Å². The number of carbonyl (C=O) groups is 2. The molecule has 1 atom stereocenters. The molecule has 2 aromatic carbocycles. The first kappa shape index (κ1) is 16.4. The van der Waals surface area contributed by atoms with E-state index in [2.05, 4.69) is 15.7 Å². The quantitative estimate of drug-likeness (QED) is 0.730. The van der Waals surface area contributed by atoms with Gasteiger partial charge in [0, 0.05) is 17.3 Å². The number of nitrogens with zero attached hydrogens (tertiary/aromatic N) is 2. The van der Waals surface area contributed by atoms with Crippen LogP contribution in [0.2, 0.25) is 0 Å². The zero-order valence-electron chi connectivity index (χ0n) is 14.7. The Labute approximate surface area is 160 Å². The molecular formula is C20H16N4O4. The van der Waals surface area contributed by atoms with E-state index in [9.17, 15) is 9.59 Å². The van der Waals surface area contributed by atoms with Crippen LogP contribution in [0.25, 0.3) is 11.1 Å². The minimum atomic E-state index is -0.693. The second kappa shape index (κ2) is 6.41. The molecule has 2 amide bonds. The van der Waals surface area contributed by atoms with E-state index in [1.165, 1.54) is 0 Å². The molecule has 3 aromatic rings. The van der Waals surface area contributed by atoms with Gasteiger partial charge in [0.1, 0.15) is 11.9 Å². The fourth-order valence-electron chi connectivity index (χ4n) is 3.40. The van der Waals surface area contributed by atoms with Crippen molar-refractivity contribution in [1.29, 1.82) is 0 Å². The van der Waals surface area contributed by atoms with Gasteiger partial charge in [-0.1, -0.05) is 30.3 Å². The lowest BCUT2D eigenvalue weighted by molar-refractivity contribution is -0.123. The van der Waals surface area contributed by atoms with Crippen molar-refractivity contribution in [2.45, 2.75) is 12.5 Å². The summed E-state index contributed by atoms with van der Waals surface area (Å²) >= 11 is 0. The summed E-state index contributed by atoms with van der Waals surface area (Å²) in [6, 6.07) is 14.1. The fraction of sp³-hybridized carbons (Fsp3) is 0.150. The number of ether oxygens (including phenoxy) is 2. The number of nitrogens with one attached hydrogen (secondary N) is 2. The maximum atomic E-state index is 12.5. The van der Waals surface area contributed by atoms with Crippen molar-refractivity contribution in [3.05, 3.63) is 54.7 Å². The number of hydrogen-bond acceptors (Lipinski definition) is 5. The standard InChI is InChI=1S/C20H16N4O4/c25-18(22-13-6-7-16-17(8-13)28-11-27-16)9-15-20(26)23-19-14(10-21-24(15)19)12-4-2-1-3-5-12/h1-8,10,15H,9,11H2,(H,22,25)(H,23,26). The number of carbonyl (C=O) groups excluding carboxylic acids is 2. The van der Waals surface area contributed by atoms with Gasteiger partial charge in [0.25, 0.3) is 5.91 Å². The van der Waals surface area contributed by atoms with E-state index in [1.807, 2.05) is 30.3 Å². The molecule has 0 spiro atoms. The summed E-state index contributed by atoms with van der Waals surface area (Å²) in [5, 5.41) is 9.96. The number of aromatic nitrogens is 2. The highest BCUT2D eigenvalue weighted by Crippen LogP contribution is 2.36. The van der Waals surface area contributed by atoms with Gasteiger partial charge in [0.15, 0.2) is 11.5 Å². The highest BCUT2D eigenvalue weighted by molar-refractivity contribution is 6.04. The minimum absolute atomic E-state index is 0.0246. The van der Waals surface area contributed by atoms with E-state index in [4.69, 9.17) is 9.47 Å². The van der Waals surface area contributed by atoms with E-state index < -0.39 is 6.04 Å². The summed E-state index contributed by atoms with van der Waals surface area (Å²) < 4.78 is 12.1. The molecule has 5 rings (SSSR count). The van der Waals surface area contributed by atoms with E-state index in [1.54, 1.807) is 29.1 Å². The molecule has 0 aliphatic carbocycles. The predicted octanol–water partition coefficient (Wildman–Crippen LogP) is 2.80. The average Bonchev–Trinajstić information content (AvgIpc) is 3.39. The highest BCUT2D eigenvalue weighted by atomic mass is 16.7. The smallest absolute Gasteiger partial charge is 0.251 e. The zero-order valence-corrected chi connectivity index (χ0v) is 14.7. The van der Waals surface area contributed by atoms with Crippen LogP contribution in [0.3, 0.4) is 0 Å². The first-order valence-corrected chi connectivity index (χ1v) is 8.82. The molecule has 8 nitrogen and oxygen atoms in total. The third kappa shape index (κ3) is 2.75. The van der Waals surface area contributed by atoms with Crippen molar-refractivity contribution in [2.24, 2.45) is 0 Å². The Morgan fingerprint density at radius 3 is 2.86 bits per heavy atom. The molecular weight excluding hydrogens is 360 g/mol. The van der Waals surface area contributed by atoms with Gasteiger partial charge in [-0.15, -0.1) is 0 Å². The first-order chi connectivity index (χ1) is 13.7. The Morgan fingerprint density at radius 1 is 1.18 bits per heavy atom. The van der Waals surface area contributed by atoms with Gasteiger partial charge in [-0.2, -0.15) is 5.10 Å². The molecule has 0 saturated heterocycles. The van der Waals surface area contributed by atoms with E-state index >= 15 is 0 Å². The van der Waals surface area contributed by atoms with Gasteiger partial charge in [-0.05, 0) is 17.7 Å². The number of anilines is 2. The number of hydrogen-bond donors (Lipinski definition) is 2. The summed E-state index contributed by atoms with van der Waals surface area (Å²) in [6.07, 6.45) is 1.68. The van der Waals surface area contributed by atoms with Gasteiger partial charge in [0.2, 0.25) is 12.7 Å². The van der Waals surface area contributed by atoms with Crippen LogP contribution in [0.1, 0.15) is 12.5 Å². The third-order valence-electron chi connectivity index (χ3n) is 4.75. The number of benzene rings is 2. The van der Waals surface area contributed by atoms with Crippen LogP contribution in [-0.4, -0.2) is 28.4 Å². The topological polar surface area (TPSA) is 94.5 Å². The van der Waals surface area contributed by atoms with E-state index in [0.717, 1.165) is 11.1 Å². The molecule has 28 heavy (non-hydrogen) atoms. The maximum absolute atomic E-state index is 12.5. The first-order valence-electron chi connectivity index (χ1n) is 8.82. The van der Waals surface area contributed by atoms with Gasteiger partial charge in [-0.25, -0.2) is 4.68 Å². The van der Waals surface area contributed by atoms with Crippen molar-refractivity contribution in [2.75, 3.05) is 17.4 Å². The summed E-state index contributed by atoms with van der Waals surface area (Å²) in [5.74, 6) is 1.29. The number of amides is 2. The number of rotatable bonds is 4. The van der Waals surface area contributed by atoms with Crippen molar-refractivity contribution in [3.8, 4) is 22.6 Å². The summed E-state index contributed by atoms with van der Waals surface area (Å²) in [4.78, 5) is 24.9. The van der Waals surface area contributed by atoms with Crippen molar-refractivity contribution < 1.29 is 19.1 Å². The van der Waals surface area contributed by atoms with Crippen molar-refractivity contribution in [3.63, 3.8) is 0 Å². The molecule has 0 radical (unpaired) electrons. The lowest BCUT2D eigenvalue weighted by Gasteiger charge is -2.10. The maximum Gasteiger partial charge on any atom is 0.251 e. The fourth-order valence-corrected chi connectivity index (χ4v) is 3.40. The Balaban J connectivity index is 1.33. The van der Waals surface area contributed by atoms with Crippen LogP contribution in [0.5, 0.6) is 11.5 Å². The van der Waals surface area contributed by atoms with Crippen molar-refractivity contribution >= 4 is 23.3 Å². The Hall–Kier alpha value is -3.81. The van der Waals surface area contributed by atoms with Gasteiger partial charge >= 0.3 is 0 Å². The lowest BCUT2D eigenvalue weighted by Crippen LogP contribution is -2.23. The molecule has 8 heteroatoms. The van der Waals surface area contributed by atoms with Crippen LogP contribution >= 0.6 is 0 Å². The predicted molar refractivity (Wildman–Crippen MR) is 101 cm³/mol. The summed E-state index contributed by atoms with van der Waals surface area (Å²) in [5.41, 5.74) is 2.36. The lowest BCUT2D eigenvalue weighted by atomic mass is 10.1. The minimum Gasteiger partial charge on any atom is -0.454 e. The molecule has 140 valence electrons. The molecule has 0 bridgehead atoms.